The number of rotatable bonds is 3. The molecule has 0 unspecified atom stereocenters. The Kier molecular flexibility index (Phi) is 2.60. The van der Waals surface area contributed by atoms with E-state index in [0.29, 0.717) is 0 Å². The van der Waals surface area contributed by atoms with E-state index in [4.69, 9.17) is 0 Å². The summed E-state index contributed by atoms with van der Waals surface area (Å²) in [5, 5.41) is 4.38. The Labute approximate surface area is 98.4 Å². The number of thiazole rings is 1. The number of hydrogen-bond acceptors (Lipinski definition) is 4. The highest BCUT2D eigenvalue weighted by molar-refractivity contribution is 7.22. The van der Waals surface area contributed by atoms with Crippen LogP contribution in [0.4, 0.5) is 5.13 Å². The summed E-state index contributed by atoms with van der Waals surface area (Å²) in [6, 6.07) is 8.23. The van der Waals surface area contributed by atoms with E-state index in [1.165, 1.54) is 4.70 Å². The van der Waals surface area contributed by atoms with Gasteiger partial charge in [0.1, 0.15) is 0 Å². The van der Waals surface area contributed by atoms with Gasteiger partial charge in [-0.15, -0.1) is 0 Å². The summed E-state index contributed by atoms with van der Waals surface area (Å²) in [6.07, 6.45) is 4.39. The summed E-state index contributed by atoms with van der Waals surface area (Å²) in [7, 11) is 0. The molecule has 0 saturated heterocycles. The lowest BCUT2D eigenvalue weighted by Gasteiger charge is -2.14. The van der Waals surface area contributed by atoms with Gasteiger partial charge in [-0.1, -0.05) is 35.6 Å². The van der Waals surface area contributed by atoms with E-state index in [2.05, 4.69) is 45.6 Å². The Morgan fingerprint density at radius 1 is 1.25 bits per heavy atom. The third kappa shape index (κ3) is 1.94. The van der Waals surface area contributed by atoms with Crippen LogP contribution in [0.15, 0.2) is 36.4 Å². The van der Waals surface area contributed by atoms with Gasteiger partial charge in [-0.3, -0.25) is 4.90 Å². The predicted molar refractivity (Wildman–Crippen MR) is 68.8 cm³/mol. The second-order valence-corrected chi connectivity index (χ2v) is 4.86. The summed E-state index contributed by atoms with van der Waals surface area (Å²) >= 11 is 1.71. The summed E-state index contributed by atoms with van der Waals surface area (Å²) < 4.78 is 1.24. The van der Waals surface area contributed by atoms with Crippen LogP contribution in [0.3, 0.4) is 0 Å². The first kappa shape index (κ1) is 9.81. The molecule has 0 radical (unpaired) electrons. The van der Waals surface area contributed by atoms with Crippen LogP contribution >= 0.6 is 11.3 Å². The van der Waals surface area contributed by atoms with Crippen molar-refractivity contribution in [2.75, 3.05) is 25.1 Å². The molecule has 3 nitrogen and oxygen atoms in total. The summed E-state index contributed by atoms with van der Waals surface area (Å²) in [5.74, 6) is 0. The van der Waals surface area contributed by atoms with Crippen LogP contribution < -0.4 is 5.32 Å². The van der Waals surface area contributed by atoms with E-state index in [0.717, 1.165) is 30.4 Å². The number of fused-ring (bicyclic) bond motifs is 1. The second-order valence-electron chi connectivity index (χ2n) is 3.83. The number of hydrogen-bond donors (Lipinski definition) is 1. The minimum absolute atomic E-state index is 0.868. The van der Waals surface area contributed by atoms with Crippen molar-refractivity contribution in [1.29, 1.82) is 0 Å². The highest BCUT2D eigenvalue weighted by atomic mass is 32.1. The van der Waals surface area contributed by atoms with Crippen molar-refractivity contribution in [3.63, 3.8) is 0 Å². The maximum Gasteiger partial charge on any atom is 0.184 e. The molecule has 16 heavy (non-hydrogen) atoms. The van der Waals surface area contributed by atoms with E-state index in [-0.39, 0.29) is 0 Å². The van der Waals surface area contributed by atoms with Crippen LogP contribution in [0.1, 0.15) is 0 Å². The van der Waals surface area contributed by atoms with Crippen LogP contribution in [-0.4, -0.2) is 29.6 Å². The van der Waals surface area contributed by atoms with Gasteiger partial charge in [-0.05, 0) is 12.1 Å². The van der Waals surface area contributed by atoms with Crippen molar-refractivity contribution in [2.24, 2.45) is 0 Å². The standard InChI is InChI=1S/C12H13N3S/c1-2-6-11-10(5-1)14-12(16-11)13-9-15-7-3-4-8-15/h1-6H,7-9H2,(H,13,14). The van der Waals surface area contributed by atoms with E-state index in [1.54, 1.807) is 11.3 Å². The van der Waals surface area contributed by atoms with E-state index in [9.17, 15) is 0 Å². The number of para-hydroxylation sites is 1. The van der Waals surface area contributed by atoms with Crippen molar-refractivity contribution >= 4 is 26.7 Å². The molecule has 2 aromatic rings. The van der Waals surface area contributed by atoms with Gasteiger partial charge in [0.2, 0.25) is 0 Å². The monoisotopic (exact) mass is 231 g/mol. The van der Waals surface area contributed by atoms with Crippen LogP contribution in [-0.2, 0) is 0 Å². The topological polar surface area (TPSA) is 28.2 Å². The first-order chi connectivity index (χ1) is 7.92. The molecule has 0 aliphatic carbocycles. The molecule has 0 spiro atoms. The Balaban J connectivity index is 1.69. The number of nitrogens with one attached hydrogen (secondary N) is 1. The smallest absolute Gasteiger partial charge is 0.184 e. The zero-order valence-corrected chi connectivity index (χ0v) is 9.70. The third-order valence-corrected chi connectivity index (χ3v) is 3.64. The van der Waals surface area contributed by atoms with Gasteiger partial charge in [0.25, 0.3) is 0 Å². The Hall–Kier alpha value is -1.39. The second kappa shape index (κ2) is 4.23. The van der Waals surface area contributed by atoms with Crippen molar-refractivity contribution in [3.05, 3.63) is 36.4 Å². The highest BCUT2D eigenvalue weighted by Gasteiger charge is 2.07. The average Bonchev–Trinajstić information content (AvgIpc) is 2.95. The normalized spacial score (nSPS) is 16.0. The molecule has 3 rings (SSSR count). The predicted octanol–water partition coefficient (Wildman–Crippen LogP) is 2.54. The molecule has 2 heterocycles. The molecule has 0 bridgehead atoms. The third-order valence-electron chi connectivity index (χ3n) is 2.64. The first-order valence-electron chi connectivity index (χ1n) is 5.38. The van der Waals surface area contributed by atoms with E-state index in [1.807, 2.05) is 6.07 Å². The van der Waals surface area contributed by atoms with Crippen LogP contribution in [0.25, 0.3) is 10.2 Å². The van der Waals surface area contributed by atoms with Gasteiger partial charge in [-0.25, -0.2) is 4.98 Å². The van der Waals surface area contributed by atoms with Gasteiger partial charge in [0.05, 0.1) is 16.9 Å². The molecule has 0 atom stereocenters. The zero-order valence-electron chi connectivity index (χ0n) is 8.89. The fourth-order valence-corrected chi connectivity index (χ4v) is 2.63. The lowest BCUT2D eigenvalue weighted by atomic mass is 10.3. The lowest BCUT2D eigenvalue weighted by Crippen LogP contribution is -2.26. The molecular weight excluding hydrogens is 218 g/mol. The summed E-state index contributed by atoms with van der Waals surface area (Å²) in [5.41, 5.74) is 1.08. The van der Waals surface area contributed by atoms with Gasteiger partial charge in [0.15, 0.2) is 5.13 Å². The minimum atomic E-state index is 0.868. The maximum atomic E-state index is 4.53. The fourth-order valence-electron chi connectivity index (χ4n) is 1.78. The molecule has 0 fully saturated rings. The maximum absolute atomic E-state index is 4.53. The molecule has 82 valence electrons. The highest BCUT2D eigenvalue weighted by Crippen LogP contribution is 2.25. The molecule has 1 N–H and O–H groups in total. The van der Waals surface area contributed by atoms with Crippen molar-refractivity contribution in [2.45, 2.75) is 0 Å². The average molecular weight is 231 g/mol. The zero-order chi connectivity index (χ0) is 10.8. The number of benzene rings is 1. The molecule has 1 aliphatic heterocycles. The number of nitrogens with zero attached hydrogens (tertiary/aromatic N) is 2. The van der Waals surface area contributed by atoms with Gasteiger partial charge in [-0.2, -0.15) is 0 Å². The molecule has 4 heteroatoms. The minimum Gasteiger partial charge on any atom is -0.349 e. The van der Waals surface area contributed by atoms with E-state index < -0.39 is 0 Å². The Bertz CT molecular complexity index is 477. The number of aromatic nitrogens is 1. The van der Waals surface area contributed by atoms with Gasteiger partial charge >= 0.3 is 0 Å². The molecule has 1 aliphatic rings. The van der Waals surface area contributed by atoms with Crippen molar-refractivity contribution in [3.8, 4) is 0 Å². The summed E-state index contributed by atoms with van der Waals surface area (Å²) in [6.45, 7) is 2.95. The van der Waals surface area contributed by atoms with Crippen molar-refractivity contribution in [1.82, 2.24) is 9.88 Å². The molecule has 0 amide bonds. The van der Waals surface area contributed by atoms with Crippen LogP contribution in [0.2, 0.25) is 0 Å². The molecule has 0 saturated carbocycles. The Morgan fingerprint density at radius 2 is 2.06 bits per heavy atom. The molecule has 1 aromatic heterocycles. The SMILES string of the molecule is C1=CCN(CNc2nc3ccccc3s2)C1. The quantitative estimate of drug-likeness (QED) is 0.823. The van der Waals surface area contributed by atoms with Crippen LogP contribution in [0.5, 0.6) is 0 Å². The molecular formula is C12H13N3S. The lowest BCUT2D eigenvalue weighted by molar-refractivity contribution is 0.379. The number of anilines is 1. The van der Waals surface area contributed by atoms with Gasteiger partial charge in [0, 0.05) is 13.1 Å². The van der Waals surface area contributed by atoms with Crippen LogP contribution in [0, 0.1) is 0 Å². The van der Waals surface area contributed by atoms with Crippen molar-refractivity contribution < 1.29 is 0 Å². The van der Waals surface area contributed by atoms with E-state index >= 15 is 0 Å². The van der Waals surface area contributed by atoms with Gasteiger partial charge < -0.3 is 5.32 Å². The Morgan fingerprint density at radius 3 is 2.88 bits per heavy atom. The first-order valence-corrected chi connectivity index (χ1v) is 6.20. The fraction of sp³-hybridized carbons (Fsp3) is 0.250. The summed E-state index contributed by atoms with van der Waals surface area (Å²) in [4.78, 5) is 6.86. The largest absolute Gasteiger partial charge is 0.349 e. The molecule has 1 aromatic carbocycles.